The highest BCUT2D eigenvalue weighted by molar-refractivity contribution is 6.05. The lowest BCUT2D eigenvalue weighted by Crippen LogP contribution is -1.91. The summed E-state index contributed by atoms with van der Waals surface area (Å²) in [6, 6.07) is 23.9. The van der Waals surface area contributed by atoms with Crippen LogP contribution in [0.3, 0.4) is 0 Å². The van der Waals surface area contributed by atoms with Crippen molar-refractivity contribution in [2.45, 2.75) is 0 Å². The highest BCUT2D eigenvalue weighted by Gasteiger charge is 2.08. The van der Waals surface area contributed by atoms with Crippen molar-refractivity contribution in [3.63, 3.8) is 0 Å². The Morgan fingerprint density at radius 2 is 0.923 bits per heavy atom. The molecule has 0 spiro atoms. The standard InChI is InChI=1S/C22H14N4/c1-3-13-23-19(5-1)21-9-7-15-16-8-10-22(20-6-2-4-14-24-20)26-18(16)12-11-17(15)25-21/h1-14H. The van der Waals surface area contributed by atoms with Crippen LogP contribution in [0.15, 0.2) is 85.2 Å². The van der Waals surface area contributed by atoms with E-state index in [0.29, 0.717) is 0 Å². The predicted molar refractivity (Wildman–Crippen MR) is 104 cm³/mol. The van der Waals surface area contributed by atoms with Crippen LogP contribution in [-0.4, -0.2) is 19.9 Å². The summed E-state index contributed by atoms with van der Waals surface area (Å²) in [5, 5.41) is 2.17. The van der Waals surface area contributed by atoms with Crippen LogP contribution >= 0.6 is 0 Å². The maximum atomic E-state index is 4.77. The molecule has 0 aliphatic rings. The van der Waals surface area contributed by atoms with Crippen LogP contribution < -0.4 is 0 Å². The topological polar surface area (TPSA) is 51.6 Å². The van der Waals surface area contributed by atoms with Crippen LogP contribution in [-0.2, 0) is 0 Å². The molecule has 4 aromatic heterocycles. The highest BCUT2D eigenvalue weighted by Crippen LogP contribution is 2.27. The first kappa shape index (κ1) is 14.7. The third kappa shape index (κ3) is 2.48. The molecule has 4 nitrogen and oxygen atoms in total. The van der Waals surface area contributed by atoms with Crippen molar-refractivity contribution in [1.29, 1.82) is 0 Å². The lowest BCUT2D eigenvalue weighted by atomic mass is 10.1. The first-order chi connectivity index (χ1) is 12.9. The first-order valence-corrected chi connectivity index (χ1v) is 8.42. The van der Waals surface area contributed by atoms with Gasteiger partial charge in [-0.3, -0.25) is 9.97 Å². The molecule has 0 bridgehead atoms. The molecule has 26 heavy (non-hydrogen) atoms. The largest absolute Gasteiger partial charge is 0.255 e. The van der Waals surface area contributed by atoms with Gasteiger partial charge in [0, 0.05) is 23.2 Å². The molecule has 4 heteroatoms. The van der Waals surface area contributed by atoms with Crippen molar-refractivity contribution < 1.29 is 0 Å². The summed E-state index contributed by atoms with van der Waals surface area (Å²) in [7, 11) is 0. The van der Waals surface area contributed by atoms with Crippen molar-refractivity contribution in [1.82, 2.24) is 19.9 Å². The van der Waals surface area contributed by atoms with Crippen LogP contribution in [0.5, 0.6) is 0 Å². The molecule has 0 radical (unpaired) electrons. The number of benzene rings is 1. The van der Waals surface area contributed by atoms with E-state index in [4.69, 9.17) is 9.97 Å². The number of pyridine rings is 4. The van der Waals surface area contributed by atoms with Crippen LogP contribution in [0.25, 0.3) is 44.6 Å². The molecule has 0 amide bonds. The maximum absolute atomic E-state index is 4.77. The first-order valence-electron chi connectivity index (χ1n) is 8.42. The summed E-state index contributed by atoms with van der Waals surface area (Å²) in [4.78, 5) is 18.3. The number of nitrogens with zero attached hydrogens (tertiary/aromatic N) is 4. The smallest absolute Gasteiger partial charge is 0.0893 e. The van der Waals surface area contributed by atoms with Crippen molar-refractivity contribution >= 4 is 21.8 Å². The minimum atomic E-state index is 0.871. The van der Waals surface area contributed by atoms with Crippen molar-refractivity contribution in [2.24, 2.45) is 0 Å². The van der Waals surface area contributed by atoms with Crippen LogP contribution in [0, 0.1) is 0 Å². The number of hydrogen-bond donors (Lipinski definition) is 0. The van der Waals surface area contributed by atoms with Crippen molar-refractivity contribution in [2.75, 3.05) is 0 Å². The molecule has 0 atom stereocenters. The van der Waals surface area contributed by atoms with E-state index in [9.17, 15) is 0 Å². The van der Waals surface area contributed by atoms with E-state index in [1.54, 1.807) is 12.4 Å². The zero-order valence-electron chi connectivity index (χ0n) is 13.9. The summed E-state index contributed by atoms with van der Waals surface area (Å²) in [5.41, 5.74) is 5.36. The van der Waals surface area contributed by atoms with Gasteiger partial charge in [0.05, 0.1) is 33.8 Å². The Kier molecular flexibility index (Phi) is 3.39. The molecule has 0 saturated heterocycles. The monoisotopic (exact) mass is 334 g/mol. The number of hydrogen-bond acceptors (Lipinski definition) is 4. The second-order valence-electron chi connectivity index (χ2n) is 6.02. The van der Waals surface area contributed by atoms with Gasteiger partial charge in [0.1, 0.15) is 0 Å². The highest BCUT2D eigenvalue weighted by atomic mass is 14.8. The lowest BCUT2D eigenvalue weighted by molar-refractivity contribution is 1.27. The minimum absolute atomic E-state index is 0.871. The van der Waals surface area contributed by atoms with E-state index in [-0.39, 0.29) is 0 Å². The van der Waals surface area contributed by atoms with Crippen LogP contribution in [0.4, 0.5) is 0 Å². The molecule has 5 aromatic rings. The van der Waals surface area contributed by atoms with Gasteiger partial charge < -0.3 is 0 Å². The fourth-order valence-corrected chi connectivity index (χ4v) is 3.13. The van der Waals surface area contributed by atoms with Crippen molar-refractivity contribution in [3.05, 3.63) is 85.2 Å². The minimum Gasteiger partial charge on any atom is -0.255 e. The van der Waals surface area contributed by atoms with Gasteiger partial charge in [-0.1, -0.05) is 12.1 Å². The number of aromatic nitrogens is 4. The molecule has 122 valence electrons. The van der Waals surface area contributed by atoms with Gasteiger partial charge in [-0.2, -0.15) is 0 Å². The van der Waals surface area contributed by atoms with Gasteiger partial charge in [0.2, 0.25) is 0 Å². The molecular formula is C22H14N4. The van der Waals surface area contributed by atoms with Crippen LogP contribution in [0.1, 0.15) is 0 Å². The molecule has 0 saturated carbocycles. The van der Waals surface area contributed by atoms with Gasteiger partial charge in [0.25, 0.3) is 0 Å². The zero-order chi connectivity index (χ0) is 17.3. The molecular weight excluding hydrogens is 320 g/mol. The van der Waals surface area contributed by atoms with E-state index in [1.807, 2.05) is 60.7 Å². The van der Waals surface area contributed by atoms with E-state index in [0.717, 1.165) is 44.6 Å². The van der Waals surface area contributed by atoms with Crippen molar-refractivity contribution in [3.8, 4) is 22.8 Å². The van der Waals surface area contributed by atoms with Gasteiger partial charge >= 0.3 is 0 Å². The van der Waals surface area contributed by atoms with Gasteiger partial charge in [-0.25, -0.2) is 9.97 Å². The Morgan fingerprint density at radius 1 is 0.423 bits per heavy atom. The Labute approximate surface area is 150 Å². The molecule has 0 unspecified atom stereocenters. The Hall–Kier alpha value is -3.66. The second kappa shape index (κ2) is 6.01. The number of fused-ring (bicyclic) bond motifs is 3. The Balaban J connectivity index is 1.66. The molecule has 5 rings (SSSR count). The molecule has 0 aliphatic heterocycles. The maximum Gasteiger partial charge on any atom is 0.0893 e. The zero-order valence-corrected chi connectivity index (χ0v) is 13.9. The Morgan fingerprint density at radius 3 is 1.35 bits per heavy atom. The lowest BCUT2D eigenvalue weighted by Gasteiger charge is -2.07. The molecule has 0 fully saturated rings. The fourth-order valence-electron chi connectivity index (χ4n) is 3.13. The molecule has 1 aromatic carbocycles. The average molecular weight is 334 g/mol. The molecule has 0 N–H and O–H groups in total. The third-order valence-corrected chi connectivity index (χ3v) is 4.39. The van der Waals surface area contributed by atoms with E-state index < -0.39 is 0 Å². The van der Waals surface area contributed by atoms with E-state index >= 15 is 0 Å². The summed E-state index contributed by atoms with van der Waals surface area (Å²) in [6.07, 6.45) is 3.56. The second-order valence-corrected chi connectivity index (χ2v) is 6.02. The van der Waals surface area contributed by atoms with E-state index in [2.05, 4.69) is 22.1 Å². The Bertz CT molecular complexity index is 1120. The quantitative estimate of drug-likeness (QED) is 0.431. The van der Waals surface area contributed by atoms with Gasteiger partial charge in [-0.05, 0) is 60.7 Å². The average Bonchev–Trinajstić information content (AvgIpc) is 2.74. The van der Waals surface area contributed by atoms with Crippen LogP contribution in [0.2, 0.25) is 0 Å². The molecule has 0 aliphatic carbocycles. The summed E-state index contributed by atoms with van der Waals surface area (Å²) < 4.78 is 0. The summed E-state index contributed by atoms with van der Waals surface area (Å²) in [6.45, 7) is 0. The summed E-state index contributed by atoms with van der Waals surface area (Å²) in [5.74, 6) is 0. The number of rotatable bonds is 2. The van der Waals surface area contributed by atoms with Gasteiger partial charge in [-0.15, -0.1) is 0 Å². The fraction of sp³-hybridized carbons (Fsp3) is 0. The third-order valence-electron chi connectivity index (χ3n) is 4.39. The summed E-state index contributed by atoms with van der Waals surface area (Å²) >= 11 is 0. The predicted octanol–water partition coefficient (Wildman–Crippen LogP) is 4.91. The normalized spacial score (nSPS) is 11.1. The SMILES string of the molecule is c1ccc(-c2ccc3c(ccc4nc(-c5ccccn5)ccc43)n2)nc1. The van der Waals surface area contributed by atoms with Gasteiger partial charge in [0.15, 0.2) is 0 Å². The molecule has 4 heterocycles. The van der Waals surface area contributed by atoms with E-state index in [1.165, 1.54) is 0 Å².